The molecule has 0 radical (unpaired) electrons. The molecule has 5 unspecified atom stereocenters. The van der Waals surface area contributed by atoms with Crippen LogP contribution in [0.5, 0.6) is 0 Å². The first-order chi connectivity index (χ1) is 22.0. The molecule has 0 aromatic heterocycles. The molecule has 0 spiro atoms. The maximum Gasteiger partial charge on any atom is 0.310 e. The summed E-state index contributed by atoms with van der Waals surface area (Å²) >= 11 is 0. The summed E-state index contributed by atoms with van der Waals surface area (Å²) in [4.78, 5) is 51.9. The predicted octanol–water partition coefficient (Wildman–Crippen LogP) is 2.50. The average molecular weight is 655 g/mol. The van der Waals surface area contributed by atoms with E-state index in [4.69, 9.17) is 18.9 Å². The Hall–Kier alpha value is -2.80. The summed E-state index contributed by atoms with van der Waals surface area (Å²) in [6.45, 7) is 5.74. The highest BCUT2D eigenvalue weighted by Crippen LogP contribution is 2.34. The number of hydrogen-bond donors (Lipinski definition) is 4. The SMILES string of the molecule is CCC(CO)(CO)COC(=O)C1CC(C)=CCC1C(=O)OCCCCOC(=O)C1CC=CC(C)C1C(=O)OCC(CC)(CO)CO. The number of aliphatic hydroxyl groups is 4. The van der Waals surface area contributed by atoms with E-state index < -0.39 is 58.4 Å². The molecule has 2 aliphatic rings. The van der Waals surface area contributed by atoms with Crippen LogP contribution >= 0.6 is 0 Å². The van der Waals surface area contributed by atoms with Crippen molar-refractivity contribution in [1.29, 1.82) is 0 Å². The normalized spacial score (nSPS) is 23.3. The Morgan fingerprint density at radius 2 is 1.20 bits per heavy atom. The van der Waals surface area contributed by atoms with Crippen LogP contribution in [0.25, 0.3) is 0 Å². The molecule has 0 saturated carbocycles. The molecule has 2 aliphatic carbocycles. The van der Waals surface area contributed by atoms with Gasteiger partial charge in [-0.25, -0.2) is 0 Å². The molecule has 2 rings (SSSR count). The lowest BCUT2D eigenvalue weighted by Crippen LogP contribution is -2.41. The van der Waals surface area contributed by atoms with E-state index in [2.05, 4.69) is 0 Å². The topological polar surface area (TPSA) is 186 Å². The van der Waals surface area contributed by atoms with Crippen LogP contribution < -0.4 is 0 Å². The molecule has 0 aromatic carbocycles. The Balaban J connectivity index is 1.84. The van der Waals surface area contributed by atoms with Gasteiger partial charge in [0.05, 0.1) is 74.1 Å². The van der Waals surface area contributed by atoms with Gasteiger partial charge in [0, 0.05) is 0 Å². The molecule has 12 nitrogen and oxygen atoms in total. The highest BCUT2D eigenvalue weighted by molar-refractivity contribution is 5.84. The lowest BCUT2D eigenvalue weighted by atomic mass is 9.76. The van der Waals surface area contributed by atoms with E-state index in [1.54, 1.807) is 13.8 Å². The van der Waals surface area contributed by atoms with E-state index in [0.717, 1.165) is 5.57 Å². The van der Waals surface area contributed by atoms with Gasteiger partial charge < -0.3 is 39.4 Å². The summed E-state index contributed by atoms with van der Waals surface area (Å²) in [7, 11) is 0. The Morgan fingerprint density at radius 3 is 1.70 bits per heavy atom. The zero-order valence-corrected chi connectivity index (χ0v) is 27.8. The van der Waals surface area contributed by atoms with Crippen LogP contribution in [0.1, 0.15) is 72.6 Å². The van der Waals surface area contributed by atoms with Crippen molar-refractivity contribution in [2.45, 2.75) is 72.6 Å². The van der Waals surface area contributed by atoms with Gasteiger partial charge in [-0.3, -0.25) is 19.2 Å². The maximum absolute atomic E-state index is 13.0. The summed E-state index contributed by atoms with van der Waals surface area (Å²) in [5.41, 5.74) is -0.920. The summed E-state index contributed by atoms with van der Waals surface area (Å²) in [5.74, 6) is -5.41. The van der Waals surface area contributed by atoms with E-state index in [1.165, 1.54) is 0 Å². The lowest BCUT2D eigenvalue weighted by Gasteiger charge is -2.32. The van der Waals surface area contributed by atoms with Crippen LogP contribution in [0.3, 0.4) is 0 Å². The van der Waals surface area contributed by atoms with Crippen LogP contribution in [0, 0.1) is 40.4 Å². The van der Waals surface area contributed by atoms with Crippen molar-refractivity contribution in [2.75, 3.05) is 52.9 Å². The highest BCUT2D eigenvalue weighted by atomic mass is 16.6. The molecular formula is C34H54O12. The third-order valence-electron chi connectivity index (χ3n) is 9.67. The average Bonchev–Trinajstić information content (AvgIpc) is 3.07. The number of ether oxygens (including phenoxy) is 4. The van der Waals surface area contributed by atoms with Gasteiger partial charge in [-0.05, 0) is 57.8 Å². The van der Waals surface area contributed by atoms with Gasteiger partial charge in [-0.1, -0.05) is 44.6 Å². The Bertz CT molecular complexity index is 1040. The van der Waals surface area contributed by atoms with Crippen molar-refractivity contribution >= 4 is 23.9 Å². The number of aliphatic hydroxyl groups excluding tert-OH is 4. The summed E-state index contributed by atoms with van der Waals surface area (Å²) < 4.78 is 21.9. The maximum atomic E-state index is 13.0. The number of unbranched alkanes of at least 4 members (excludes halogenated alkanes) is 1. The predicted molar refractivity (Wildman–Crippen MR) is 167 cm³/mol. The quantitative estimate of drug-likeness (QED) is 0.0691. The molecule has 0 bridgehead atoms. The minimum atomic E-state index is -0.942. The molecule has 46 heavy (non-hydrogen) atoms. The first-order valence-electron chi connectivity index (χ1n) is 16.4. The number of esters is 4. The van der Waals surface area contributed by atoms with Crippen LogP contribution in [0.2, 0.25) is 0 Å². The molecule has 0 amide bonds. The third-order valence-corrected chi connectivity index (χ3v) is 9.67. The lowest BCUT2D eigenvalue weighted by molar-refractivity contribution is -0.166. The van der Waals surface area contributed by atoms with Gasteiger partial charge in [0.1, 0.15) is 13.2 Å². The van der Waals surface area contributed by atoms with Gasteiger partial charge in [0.25, 0.3) is 0 Å². The molecule has 12 heteroatoms. The highest BCUT2D eigenvalue weighted by Gasteiger charge is 2.42. The fourth-order valence-corrected chi connectivity index (χ4v) is 5.62. The first kappa shape index (κ1) is 39.4. The minimum Gasteiger partial charge on any atom is -0.465 e. The molecule has 4 N–H and O–H groups in total. The van der Waals surface area contributed by atoms with Gasteiger partial charge in [0.15, 0.2) is 0 Å². The molecule has 0 heterocycles. The molecule has 0 aromatic rings. The molecule has 262 valence electrons. The number of allylic oxidation sites excluding steroid dienone is 4. The molecule has 5 atom stereocenters. The van der Waals surface area contributed by atoms with Gasteiger partial charge in [0.2, 0.25) is 0 Å². The zero-order chi connectivity index (χ0) is 34.3. The van der Waals surface area contributed by atoms with Gasteiger partial charge >= 0.3 is 23.9 Å². The summed E-state index contributed by atoms with van der Waals surface area (Å²) in [6.07, 6.45) is 8.23. The van der Waals surface area contributed by atoms with Crippen LogP contribution in [0.4, 0.5) is 0 Å². The number of carbonyl (C=O) groups is 4. The number of rotatable bonds is 19. The van der Waals surface area contributed by atoms with E-state index in [9.17, 15) is 39.6 Å². The van der Waals surface area contributed by atoms with E-state index in [-0.39, 0.29) is 58.8 Å². The monoisotopic (exact) mass is 654 g/mol. The van der Waals surface area contributed by atoms with Crippen LogP contribution in [-0.2, 0) is 38.1 Å². The summed E-state index contributed by atoms with van der Waals surface area (Å²) in [6, 6.07) is 0. The van der Waals surface area contributed by atoms with Crippen molar-refractivity contribution in [3.63, 3.8) is 0 Å². The van der Waals surface area contributed by atoms with Crippen molar-refractivity contribution in [2.24, 2.45) is 40.4 Å². The zero-order valence-electron chi connectivity index (χ0n) is 27.8. The second kappa shape index (κ2) is 19.1. The van der Waals surface area contributed by atoms with E-state index >= 15 is 0 Å². The smallest absolute Gasteiger partial charge is 0.310 e. The second-order valence-electron chi connectivity index (χ2n) is 13.0. The Morgan fingerprint density at radius 1 is 0.717 bits per heavy atom. The third kappa shape index (κ3) is 10.6. The number of carbonyl (C=O) groups excluding carboxylic acids is 4. The summed E-state index contributed by atoms with van der Waals surface area (Å²) in [5, 5.41) is 38.6. The van der Waals surface area contributed by atoms with Gasteiger partial charge in [-0.2, -0.15) is 0 Å². The van der Waals surface area contributed by atoms with Crippen LogP contribution in [0.15, 0.2) is 23.8 Å². The van der Waals surface area contributed by atoms with E-state index in [0.29, 0.717) is 44.9 Å². The van der Waals surface area contributed by atoms with Gasteiger partial charge in [-0.15, -0.1) is 0 Å². The van der Waals surface area contributed by atoms with Crippen molar-refractivity contribution < 1.29 is 58.6 Å². The first-order valence-corrected chi connectivity index (χ1v) is 16.4. The number of hydrogen-bond acceptors (Lipinski definition) is 12. The standard InChI is InChI=1S/C34H54O12/c1-5-33(17-35,18-36)21-45-31(41)27-16-23(3)12-13-25(27)29(39)43-14-7-8-15-44-30(40)26-11-9-10-24(4)28(26)32(42)46-22-34(6-2,19-37)20-38/h9-10,12,24-28,35-38H,5-8,11,13-22H2,1-4H3. The molecule has 0 fully saturated rings. The van der Waals surface area contributed by atoms with Crippen molar-refractivity contribution in [3.05, 3.63) is 23.8 Å². The Labute approximate surface area is 272 Å². The van der Waals surface area contributed by atoms with Crippen molar-refractivity contribution in [1.82, 2.24) is 0 Å². The Kier molecular flexibility index (Phi) is 16.4. The van der Waals surface area contributed by atoms with E-state index in [1.807, 2.05) is 32.1 Å². The van der Waals surface area contributed by atoms with Crippen LogP contribution in [-0.4, -0.2) is 97.2 Å². The minimum absolute atomic E-state index is 0.0654. The van der Waals surface area contributed by atoms with Crippen molar-refractivity contribution in [3.8, 4) is 0 Å². The molecular weight excluding hydrogens is 600 g/mol. The fraction of sp³-hybridized carbons (Fsp3) is 0.765. The second-order valence-corrected chi connectivity index (χ2v) is 13.0. The largest absolute Gasteiger partial charge is 0.465 e. The molecule has 0 saturated heterocycles. The molecule has 0 aliphatic heterocycles. The fourth-order valence-electron chi connectivity index (χ4n) is 5.62.